The van der Waals surface area contributed by atoms with E-state index in [0.717, 1.165) is 0 Å². The SMILES string of the molecule is CCOC(=O)C1=C([N+](=O)[O-])CC(=S=O)C=C1. The molecule has 16 heavy (non-hydrogen) atoms. The largest absolute Gasteiger partial charge is 0.462 e. The first-order chi connectivity index (χ1) is 7.60. The fourth-order valence-corrected chi connectivity index (χ4v) is 1.53. The summed E-state index contributed by atoms with van der Waals surface area (Å²) in [4.78, 5) is 21.7. The molecule has 0 saturated carbocycles. The van der Waals surface area contributed by atoms with Gasteiger partial charge in [-0.05, 0) is 19.1 Å². The number of carbonyl (C=O) groups is 1. The number of esters is 1. The summed E-state index contributed by atoms with van der Waals surface area (Å²) >= 11 is 0.183. The highest BCUT2D eigenvalue weighted by Crippen LogP contribution is 2.18. The molecule has 1 aliphatic rings. The predicted octanol–water partition coefficient (Wildman–Crippen LogP) is 0.426. The fraction of sp³-hybridized carbons (Fsp3) is 0.333. The second kappa shape index (κ2) is 5.36. The highest BCUT2D eigenvalue weighted by Gasteiger charge is 2.27. The Kier molecular flexibility index (Phi) is 4.12. The number of hydrogen-bond donors (Lipinski definition) is 0. The van der Waals surface area contributed by atoms with E-state index in [-0.39, 0.29) is 35.6 Å². The van der Waals surface area contributed by atoms with E-state index in [2.05, 4.69) is 4.74 Å². The highest BCUT2D eigenvalue weighted by atomic mass is 32.1. The van der Waals surface area contributed by atoms with Crippen LogP contribution in [0.5, 0.6) is 0 Å². The number of rotatable bonds is 3. The average molecular weight is 243 g/mol. The molecule has 0 aromatic carbocycles. The lowest BCUT2D eigenvalue weighted by molar-refractivity contribution is -0.426. The zero-order valence-corrected chi connectivity index (χ0v) is 9.28. The Hall–Kier alpha value is -1.76. The van der Waals surface area contributed by atoms with Gasteiger partial charge in [-0.15, -0.1) is 0 Å². The van der Waals surface area contributed by atoms with E-state index in [9.17, 15) is 19.1 Å². The quantitative estimate of drug-likeness (QED) is 0.310. The molecular weight excluding hydrogens is 234 g/mol. The third kappa shape index (κ3) is 2.63. The Morgan fingerprint density at radius 1 is 1.62 bits per heavy atom. The van der Waals surface area contributed by atoms with Crippen LogP contribution in [-0.4, -0.2) is 26.6 Å². The molecule has 0 spiro atoms. The van der Waals surface area contributed by atoms with Crippen LogP contribution >= 0.6 is 0 Å². The zero-order valence-electron chi connectivity index (χ0n) is 8.47. The first-order valence-electron chi connectivity index (χ1n) is 4.48. The summed E-state index contributed by atoms with van der Waals surface area (Å²) in [7, 11) is 0. The molecule has 1 rings (SSSR count). The molecule has 0 atom stereocenters. The lowest BCUT2D eigenvalue weighted by Gasteiger charge is -2.08. The Morgan fingerprint density at radius 2 is 2.31 bits per heavy atom. The summed E-state index contributed by atoms with van der Waals surface area (Å²) < 4.78 is 15.2. The molecule has 0 aromatic rings. The lowest BCUT2D eigenvalue weighted by atomic mass is 10.0. The molecule has 86 valence electrons. The third-order valence-electron chi connectivity index (χ3n) is 1.91. The second-order valence-corrected chi connectivity index (χ2v) is 3.59. The molecule has 0 heterocycles. The summed E-state index contributed by atoms with van der Waals surface area (Å²) in [5, 5.41) is 10.7. The van der Waals surface area contributed by atoms with Gasteiger partial charge >= 0.3 is 5.97 Å². The van der Waals surface area contributed by atoms with Crippen molar-refractivity contribution in [2.75, 3.05) is 6.61 Å². The molecule has 6 nitrogen and oxygen atoms in total. The van der Waals surface area contributed by atoms with Gasteiger partial charge in [-0.3, -0.25) is 10.1 Å². The Balaban J connectivity index is 3.12. The predicted molar refractivity (Wildman–Crippen MR) is 57.6 cm³/mol. The molecule has 0 N–H and O–H groups in total. The van der Waals surface area contributed by atoms with Crippen molar-refractivity contribution in [1.29, 1.82) is 0 Å². The van der Waals surface area contributed by atoms with Crippen molar-refractivity contribution in [3.05, 3.63) is 33.5 Å². The highest BCUT2D eigenvalue weighted by molar-refractivity contribution is 7.66. The summed E-state index contributed by atoms with van der Waals surface area (Å²) in [6.07, 6.45) is 2.52. The number of allylic oxidation sites excluding steroid dienone is 2. The maximum atomic E-state index is 11.4. The van der Waals surface area contributed by atoms with Gasteiger partial charge in [-0.25, -0.2) is 9.00 Å². The van der Waals surface area contributed by atoms with E-state index >= 15 is 0 Å². The van der Waals surface area contributed by atoms with Crippen LogP contribution in [0.4, 0.5) is 0 Å². The van der Waals surface area contributed by atoms with Crippen LogP contribution in [0.15, 0.2) is 23.4 Å². The molecule has 7 heteroatoms. The first-order valence-corrected chi connectivity index (χ1v) is 5.22. The van der Waals surface area contributed by atoms with Crippen molar-refractivity contribution in [3.8, 4) is 0 Å². The van der Waals surface area contributed by atoms with Crippen molar-refractivity contribution in [3.63, 3.8) is 0 Å². The molecule has 0 aliphatic heterocycles. The van der Waals surface area contributed by atoms with Crippen molar-refractivity contribution in [1.82, 2.24) is 0 Å². The van der Waals surface area contributed by atoms with E-state index in [1.165, 1.54) is 12.2 Å². The van der Waals surface area contributed by atoms with Gasteiger partial charge in [0, 0.05) is 0 Å². The molecule has 0 saturated heterocycles. The topological polar surface area (TPSA) is 86.5 Å². The van der Waals surface area contributed by atoms with Crippen LogP contribution in [0.2, 0.25) is 0 Å². The fourth-order valence-electron chi connectivity index (χ4n) is 1.21. The Labute approximate surface area is 94.8 Å². The van der Waals surface area contributed by atoms with E-state index in [1.54, 1.807) is 6.92 Å². The van der Waals surface area contributed by atoms with Gasteiger partial charge in [0.1, 0.15) is 5.57 Å². The lowest BCUT2D eigenvalue weighted by Crippen LogP contribution is -2.18. The van der Waals surface area contributed by atoms with Gasteiger partial charge in [0.25, 0.3) is 5.70 Å². The monoisotopic (exact) mass is 243 g/mol. The average Bonchev–Trinajstić information content (AvgIpc) is 2.28. The van der Waals surface area contributed by atoms with Gasteiger partial charge in [0.15, 0.2) is 0 Å². The van der Waals surface area contributed by atoms with E-state index < -0.39 is 10.9 Å². The van der Waals surface area contributed by atoms with Gasteiger partial charge in [0.05, 0.1) is 34.1 Å². The Morgan fingerprint density at radius 3 is 2.81 bits per heavy atom. The van der Waals surface area contributed by atoms with Crippen LogP contribution in [0.3, 0.4) is 0 Å². The van der Waals surface area contributed by atoms with Crippen LogP contribution in [-0.2, 0) is 20.8 Å². The number of nitrogens with zero attached hydrogens (tertiary/aromatic N) is 1. The van der Waals surface area contributed by atoms with Crippen molar-refractivity contribution in [2.45, 2.75) is 13.3 Å². The van der Waals surface area contributed by atoms with Crippen LogP contribution in [0, 0.1) is 10.1 Å². The molecule has 0 fully saturated rings. The van der Waals surface area contributed by atoms with E-state index in [4.69, 9.17) is 0 Å². The van der Waals surface area contributed by atoms with Crippen LogP contribution < -0.4 is 0 Å². The maximum absolute atomic E-state index is 11.4. The molecule has 1 aliphatic carbocycles. The molecule has 0 aromatic heterocycles. The molecule has 0 unspecified atom stereocenters. The van der Waals surface area contributed by atoms with Gasteiger partial charge in [0.2, 0.25) is 0 Å². The number of hydrogen-bond acceptors (Lipinski definition) is 5. The standard InChI is InChI=1S/C9H9NO5S/c1-2-15-9(11)7-4-3-6(16-14)5-8(7)10(12)13/h3-4H,2,5H2,1H3. The normalized spacial score (nSPS) is 14.9. The minimum Gasteiger partial charge on any atom is -0.462 e. The Bertz CT molecular complexity index is 445. The van der Waals surface area contributed by atoms with Crippen molar-refractivity contribution in [2.24, 2.45) is 0 Å². The van der Waals surface area contributed by atoms with Gasteiger partial charge in [-0.2, -0.15) is 0 Å². The van der Waals surface area contributed by atoms with E-state index in [1.807, 2.05) is 0 Å². The zero-order chi connectivity index (χ0) is 12.1. The summed E-state index contributed by atoms with van der Waals surface area (Å²) in [6, 6.07) is 0. The van der Waals surface area contributed by atoms with E-state index in [0.29, 0.717) is 4.86 Å². The number of ether oxygens (including phenoxy) is 1. The van der Waals surface area contributed by atoms with Crippen LogP contribution in [0.1, 0.15) is 13.3 Å². The summed E-state index contributed by atoms with van der Waals surface area (Å²) in [6.45, 7) is 1.76. The molecule has 0 radical (unpaired) electrons. The van der Waals surface area contributed by atoms with Crippen molar-refractivity contribution >= 4 is 22.1 Å². The third-order valence-corrected chi connectivity index (χ3v) is 2.41. The van der Waals surface area contributed by atoms with Crippen molar-refractivity contribution < 1.29 is 18.7 Å². The van der Waals surface area contributed by atoms with Crippen LogP contribution in [0.25, 0.3) is 0 Å². The minimum absolute atomic E-state index is 0.0929. The second-order valence-electron chi connectivity index (χ2n) is 2.90. The first kappa shape index (κ1) is 12.3. The molecule has 0 amide bonds. The van der Waals surface area contributed by atoms with Gasteiger partial charge < -0.3 is 4.74 Å². The molecular formula is C9H9NO5S. The number of carbonyl (C=O) groups excluding carboxylic acids is 1. The summed E-state index contributed by atoms with van der Waals surface area (Å²) in [5.74, 6) is -0.736. The molecule has 0 bridgehead atoms. The minimum atomic E-state index is -0.736. The van der Waals surface area contributed by atoms with Gasteiger partial charge in [-0.1, -0.05) is 0 Å². The number of nitro groups is 1. The smallest absolute Gasteiger partial charge is 0.344 e. The summed E-state index contributed by atoms with van der Waals surface area (Å²) in [5.41, 5.74) is -0.385. The maximum Gasteiger partial charge on any atom is 0.344 e.